The molecule has 0 radical (unpaired) electrons. The predicted molar refractivity (Wildman–Crippen MR) is 113 cm³/mol. The Morgan fingerprint density at radius 2 is 1.76 bits per heavy atom. The molecule has 3 rings (SSSR count). The van der Waals surface area contributed by atoms with Crippen molar-refractivity contribution in [1.82, 2.24) is 9.97 Å². The van der Waals surface area contributed by atoms with Crippen molar-refractivity contribution in [2.45, 2.75) is 27.3 Å². The van der Waals surface area contributed by atoms with Crippen molar-refractivity contribution in [2.75, 3.05) is 19.0 Å². The van der Waals surface area contributed by atoms with E-state index in [1.165, 1.54) is 0 Å². The summed E-state index contributed by atoms with van der Waals surface area (Å²) < 4.78 is 10.4. The minimum absolute atomic E-state index is 0.318. The second-order valence-electron chi connectivity index (χ2n) is 6.56. The molecular formula is C23H25N3O3. The third-order valence-electron chi connectivity index (χ3n) is 4.59. The molecule has 0 saturated heterocycles. The van der Waals surface area contributed by atoms with Crippen molar-refractivity contribution in [2.24, 2.45) is 0 Å². The smallest absolute Gasteiger partial charge is 0.341 e. The van der Waals surface area contributed by atoms with Crippen LogP contribution < -0.4 is 10.1 Å². The molecule has 1 N–H and O–H groups in total. The number of ether oxygens (including phenoxy) is 2. The first-order valence-electron chi connectivity index (χ1n) is 9.52. The molecule has 3 aromatic rings. The van der Waals surface area contributed by atoms with Gasteiger partial charge >= 0.3 is 5.97 Å². The summed E-state index contributed by atoms with van der Waals surface area (Å²) in [5.74, 6) is 0.903. The van der Waals surface area contributed by atoms with Gasteiger partial charge in [0.25, 0.3) is 0 Å². The van der Waals surface area contributed by atoms with Crippen LogP contribution in [0.3, 0.4) is 0 Å². The van der Waals surface area contributed by atoms with E-state index in [9.17, 15) is 4.79 Å². The van der Waals surface area contributed by atoms with Crippen molar-refractivity contribution in [3.63, 3.8) is 0 Å². The third-order valence-corrected chi connectivity index (χ3v) is 4.59. The molecule has 6 heteroatoms. The molecule has 0 saturated carbocycles. The largest absolute Gasteiger partial charge is 0.497 e. The molecule has 1 aromatic heterocycles. The van der Waals surface area contributed by atoms with Crippen LogP contribution in [0.2, 0.25) is 0 Å². The first-order valence-corrected chi connectivity index (χ1v) is 9.52. The Balaban J connectivity index is 1.83. The molecule has 0 aliphatic rings. The van der Waals surface area contributed by atoms with Crippen LogP contribution in [0.15, 0.2) is 48.5 Å². The number of carbonyl (C=O) groups excluding carboxylic acids is 1. The van der Waals surface area contributed by atoms with Gasteiger partial charge in [-0.15, -0.1) is 0 Å². The number of methoxy groups -OCH3 is 1. The van der Waals surface area contributed by atoms with E-state index in [-0.39, 0.29) is 0 Å². The van der Waals surface area contributed by atoms with E-state index < -0.39 is 5.97 Å². The number of nitrogens with zero attached hydrogens (tertiary/aromatic N) is 2. The molecule has 0 amide bonds. The summed E-state index contributed by atoms with van der Waals surface area (Å²) >= 11 is 0. The summed E-state index contributed by atoms with van der Waals surface area (Å²) in [5, 5.41) is 3.27. The van der Waals surface area contributed by atoms with E-state index in [1.54, 1.807) is 27.9 Å². The number of hydrogen-bond acceptors (Lipinski definition) is 6. The quantitative estimate of drug-likeness (QED) is 0.595. The number of benzene rings is 2. The number of nitrogens with one attached hydrogen (secondary N) is 1. The molecule has 6 nitrogen and oxygen atoms in total. The van der Waals surface area contributed by atoms with Gasteiger partial charge in [0.05, 0.1) is 25.1 Å². The molecule has 0 aliphatic heterocycles. The highest BCUT2D eigenvalue weighted by atomic mass is 16.5. The number of aromatic nitrogens is 2. The van der Waals surface area contributed by atoms with Crippen LogP contribution in [0.1, 0.15) is 34.2 Å². The topological polar surface area (TPSA) is 73.3 Å². The molecule has 150 valence electrons. The summed E-state index contributed by atoms with van der Waals surface area (Å²) in [7, 11) is 1.66. The van der Waals surface area contributed by atoms with Gasteiger partial charge < -0.3 is 14.8 Å². The standard InChI is InChI=1S/C23H25N3O3/c1-5-29-22(27)21-15(2)25-23(26-16(21)3)24-14-18-9-6-7-12-20(18)17-10-8-11-19(13-17)28-4/h6-13H,5,14H2,1-4H3,(H,24,25,26). The Bertz CT molecular complexity index is 995. The van der Waals surface area contributed by atoms with Crippen LogP contribution in [0.4, 0.5) is 5.95 Å². The lowest BCUT2D eigenvalue weighted by Crippen LogP contribution is -2.14. The van der Waals surface area contributed by atoms with Gasteiger partial charge in [0.1, 0.15) is 11.3 Å². The first-order chi connectivity index (χ1) is 14.0. The van der Waals surface area contributed by atoms with Crippen LogP contribution in [0, 0.1) is 13.8 Å². The van der Waals surface area contributed by atoms with Gasteiger partial charge in [-0.25, -0.2) is 14.8 Å². The molecular weight excluding hydrogens is 366 g/mol. The highest BCUT2D eigenvalue weighted by Crippen LogP contribution is 2.27. The lowest BCUT2D eigenvalue weighted by molar-refractivity contribution is 0.0523. The van der Waals surface area contributed by atoms with Crippen molar-refractivity contribution < 1.29 is 14.3 Å². The number of anilines is 1. The fourth-order valence-corrected chi connectivity index (χ4v) is 3.22. The minimum atomic E-state index is -0.391. The molecule has 0 unspecified atom stereocenters. The maximum absolute atomic E-state index is 12.1. The normalized spacial score (nSPS) is 10.5. The summed E-state index contributed by atoms with van der Waals surface area (Å²) in [4.78, 5) is 21.0. The Kier molecular flexibility index (Phi) is 6.44. The van der Waals surface area contributed by atoms with Crippen molar-refractivity contribution in [1.29, 1.82) is 0 Å². The Hall–Kier alpha value is -3.41. The van der Waals surface area contributed by atoms with E-state index in [2.05, 4.69) is 33.5 Å². The number of esters is 1. The number of rotatable bonds is 7. The first kappa shape index (κ1) is 20.3. The average molecular weight is 391 g/mol. The molecule has 2 aromatic carbocycles. The molecule has 0 aliphatic carbocycles. The number of carbonyl (C=O) groups is 1. The van der Waals surface area contributed by atoms with Gasteiger partial charge in [0, 0.05) is 6.54 Å². The lowest BCUT2D eigenvalue weighted by Gasteiger charge is -2.14. The highest BCUT2D eigenvalue weighted by Gasteiger charge is 2.17. The van der Waals surface area contributed by atoms with Crippen LogP contribution in [-0.2, 0) is 11.3 Å². The molecule has 0 bridgehead atoms. The van der Waals surface area contributed by atoms with E-state index >= 15 is 0 Å². The molecule has 0 fully saturated rings. The van der Waals surface area contributed by atoms with E-state index in [0.717, 1.165) is 22.4 Å². The SMILES string of the molecule is CCOC(=O)c1c(C)nc(NCc2ccccc2-c2cccc(OC)c2)nc1C. The zero-order valence-corrected chi connectivity index (χ0v) is 17.2. The van der Waals surface area contributed by atoms with Gasteiger partial charge in [-0.3, -0.25) is 0 Å². The van der Waals surface area contributed by atoms with E-state index in [0.29, 0.717) is 36.1 Å². The zero-order valence-electron chi connectivity index (χ0n) is 17.2. The van der Waals surface area contributed by atoms with Gasteiger partial charge in [-0.2, -0.15) is 0 Å². The summed E-state index contributed by atoms with van der Waals surface area (Å²) in [6, 6.07) is 16.1. The second-order valence-corrected chi connectivity index (χ2v) is 6.56. The Labute approximate surface area is 170 Å². The highest BCUT2D eigenvalue weighted by molar-refractivity contribution is 5.91. The van der Waals surface area contributed by atoms with Gasteiger partial charge in [0.15, 0.2) is 0 Å². The Morgan fingerprint density at radius 3 is 2.45 bits per heavy atom. The summed E-state index contributed by atoms with van der Waals surface area (Å²) in [6.45, 7) is 6.22. The van der Waals surface area contributed by atoms with E-state index in [1.807, 2.05) is 30.3 Å². The van der Waals surface area contributed by atoms with Crippen LogP contribution in [0.25, 0.3) is 11.1 Å². The Morgan fingerprint density at radius 1 is 1.03 bits per heavy atom. The van der Waals surface area contributed by atoms with Gasteiger partial charge in [-0.1, -0.05) is 36.4 Å². The number of hydrogen-bond donors (Lipinski definition) is 1. The molecule has 29 heavy (non-hydrogen) atoms. The zero-order chi connectivity index (χ0) is 20.8. The maximum Gasteiger partial charge on any atom is 0.341 e. The van der Waals surface area contributed by atoms with Crippen LogP contribution >= 0.6 is 0 Å². The molecule has 0 atom stereocenters. The van der Waals surface area contributed by atoms with Crippen molar-refractivity contribution in [3.8, 4) is 16.9 Å². The lowest BCUT2D eigenvalue weighted by atomic mass is 9.99. The monoisotopic (exact) mass is 391 g/mol. The van der Waals surface area contributed by atoms with Crippen molar-refractivity contribution in [3.05, 3.63) is 71.0 Å². The van der Waals surface area contributed by atoms with Crippen molar-refractivity contribution >= 4 is 11.9 Å². The van der Waals surface area contributed by atoms with E-state index in [4.69, 9.17) is 9.47 Å². The van der Waals surface area contributed by atoms with Gasteiger partial charge in [0.2, 0.25) is 5.95 Å². The van der Waals surface area contributed by atoms with Gasteiger partial charge in [-0.05, 0) is 49.6 Å². The minimum Gasteiger partial charge on any atom is -0.497 e. The molecule has 0 spiro atoms. The average Bonchev–Trinajstić information content (AvgIpc) is 2.72. The summed E-state index contributed by atoms with van der Waals surface area (Å²) in [6.07, 6.45) is 0. The summed E-state index contributed by atoms with van der Waals surface area (Å²) in [5.41, 5.74) is 4.91. The third kappa shape index (κ3) is 4.71. The number of aryl methyl sites for hydroxylation is 2. The fourth-order valence-electron chi connectivity index (χ4n) is 3.22. The van der Waals surface area contributed by atoms with Crippen LogP contribution in [-0.4, -0.2) is 29.7 Å². The second kappa shape index (κ2) is 9.19. The predicted octanol–water partition coefficient (Wildman–Crippen LogP) is 4.56. The van der Waals surface area contributed by atoms with Crippen LogP contribution in [0.5, 0.6) is 5.75 Å². The maximum atomic E-state index is 12.1. The fraction of sp³-hybridized carbons (Fsp3) is 0.261. The molecule has 1 heterocycles.